The van der Waals surface area contributed by atoms with Gasteiger partial charge in [-0.2, -0.15) is 9.78 Å². The molecule has 0 aliphatic carbocycles. The van der Waals surface area contributed by atoms with Crippen LogP contribution in [0.1, 0.15) is 5.01 Å². The van der Waals surface area contributed by atoms with E-state index in [0.717, 1.165) is 15.2 Å². The Morgan fingerprint density at radius 3 is 2.89 bits per heavy atom. The minimum atomic E-state index is -0.435. The quantitative estimate of drug-likeness (QED) is 0.691. The van der Waals surface area contributed by atoms with Crippen LogP contribution in [0.3, 0.4) is 0 Å². The van der Waals surface area contributed by atoms with E-state index in [1.807, 2.05) is 19.1 Å². The molecule has 0 atom stereocenters. The lowest BCUT2D eigenvalue weighted by molar-refractivity contribution is 0.808. The van der Waals surface area contributed by atoms with Crippen molar-refractivity contribution in [2.45, 2.75) is 6.92 Å². The van der Waals surface area contributed by atoms with Crippen LogP contribution in [0.2, 0.25) is 10.0 Å². The number of aryl methyl sites for hydroxylation is 1. The molecule has 0 radical (unpaired) electrons. The maximum Gasteiger partial charge on any atom is 0.291 e. The van der Waals surface area contributed by atoms with Crippen molar-refractivity contribution in [2.75, 3.05) is 0 Å². The van der Waals surface area contributed by atoms with Gasteiger partial charge in [-0.25, -0.2) is 4.98 Å². The van der Waals surface area contributed by atoms with E-state index in [1.165, 1.54) is 10.9 Å². The minimum Gasteiger partial charge on any atom is -0.266 e. The Labute approximate surface area is 122 Å². The molecule has 96 valence electrons. The van der Waals surface area contributed by atoms with E-state index in [2.05, 4.69) is 10.1 Å². The van der Waals surface area contributed by atoms with E-state index in [0.29, 0.717) is 5.69 Å². The maximum absolute atomic E-state index is 12.0. The van der Waals surface area contributed by atoms with Crippen LogP contribution in [-0.2, 0) is 0 Å². The molecule has 0 aliphatic rings. The topological polar surface area (TPSA) is 47.8 Å². The second kappa shape index (κ2) is 4.59. The van der Waals surface area contributed by atoms with E-state index < -0.39 is 5.56 Å². The number of rotatable bonds is 1. The first-order chi connectivity index (χ1) is 9.06. The fourth-order valence-electron chi connectivity index (χ4n) is 1.76. The molecular weight excluding hydrogens is 305 g/mol. The van der Waals surface area contributed by atoms with Gasteiger partial charge < -0.3 is 0 Å². The molecule has 3 rings (SSSR count). The van der Waals surface area contributed by atoms with Crippen molar-refractivity contribution in [3.63, 3.8) is 0 Å². The average molecular weight is 312 g/mol. The molecule has 0 saturated carbocycles. The lowest BCUT2D eigenvalue weighted by Crippen LogP contribution is -2.21. The number of aromatic nitrogens is 3. The molecular formula is C12H7Cl2N3OS. The fourth-order valence-corrected chi connectivity index (χ4v) is 2.87. The number of thiazole rings is 1. The lowest BCUT2D eigenvalue weighted by atomic mass is 10.3. The highest BCUT2D eigenvalue weighted by atomic mass is 35.5. The zero-order valence-electron chi connectivity index (χ0n) is 9.72. The summed E-state index contributed by atoms with van der Waals surface area (Å²) in [4.78, 5) is 16.4. The molecule has 0 N–H and O–H groups in total. The second-order valence-electron chi connectivity index (χ2n) is 3.91. The number of fused-ring (bicyclic) bond motifs is 1. The van der Waals surface area contributed by atoms with Gasteiger partial charge in [-0.3, -0.25) is 4.79 Å². The highest BCUT2D eigenvalue weighted by molar-refractivity contribution is 7.18. The number of hydrogen-bond acceptors (Lipinski definition) is 4. The van der Waals surface area contributed by atoms with Crippen LogP contribution in [0.5, 0.6) is 0 Å². The Morgan fingerprint density at radius 1 is 1.32 bits per heavy atom. The van der Waals surface area contributed by atoms with E-state index >= 15 is 0 Å². The molecule has 2 aromatic heterocycles. The van der Waals surface area contributed by atoms with Crippen LogP contribution in [0.25, 0.3) is 15.9 Å². The smallest absolute Gasteiger partial charge is 0.266 e. The molecule has 3 aromatic rings. The van der Waals surface area contributed by atoms with Gasteiger partial charge in [0.2, 0.25) is 0 Å². The minimum absolute atomic E-state index is 0.0303. The van der Waals surface area contributed by atoms with Gasteiger partial charge in [-0.15, -0.1) is 11.3 Å². The van der Waals surface area contributed by atoms with Crippen molar-refractivity contribution in [1.29, 1.82) is 0 Å². The summed E-state index contributed by atoms with van der Waals surface area (Å²) in [6, 6.07) is 5.49. The number of halogens is 2. The van der Waals surface area contributed by atoms with Crippen LogP contribution in [0, 0.1) is 6.92 Å². The highest BCUT2D eigenvalue weighted by Crippen LogP contribution is 2.24. The maximum atomic E-state index is 12.0. The molecule has 0 fully saturated rings. The summed E-state index contributed by atoms with van der Waals surface area (Å²) in [6.45, 7) is 1.94. The van der Waals surface area contributed by atoms with Gasteiger partial charge in [-0.05, 0) is 25.1 Å². The van der Waals surface area contributed by atoms with Crippen LogP contribution < -0.4 is 5.56 Å². The Bertz CT molecular complexity index is 841. The third kappa shape index (κ3) is 2.14. The monoisotopic (exact) mass is 311 g/mol. The second-order valence-corrected chi connectivity index (χ2v) is 5.93. The Kier molecular flexibility index (Phi) is 3.05. The molecule has 1 aromatic carbocycles. The van der Waals surface area contributed by atoms with Crippen molar-refractivity contribution in [3.8, 4) is 5.69 Å². The molecule has 0 unspecified atom stereocenters. The largest absolute Gasteiger partial charge is 0.291 e. The summed E-state index contributed by atoms with van der Waals surface area (Å²) in [7, 11) is 0. The van der Waals surface area contributed by atoms with Crippen molar-refractivity contribution >= 4 is 44.8 Å². The lowest BCUT2D eigenvalue weighted by Gasteiger charge is -2.05. The van der Waals surface area contributed by atoms with Gasteiger partial charge in [0, 0.05) is 0 Å². The van der Waals surface area contributed by atoms with Crippen LogP contribution in [-0.4, -0.2) is 14.8 Å². The van der Waals surface area contributed by atoms with Gasteiger partial charge in [0.05, 0.1) is 32.1 Å². The normalized spacial score (nSPS) is 11.1. The summed E-state index contributed by atoms with van der Waals surface area (Å²) < 4.78 is 2.22. The first kappa shape index (κ1) is 12.6. The summed E-state index contributed by atoms with van der Waals surface area (Å²) in [6.07, 6.45) is 1.35. The Morgan fingerprint density at radius 2 is 2.11 bits per heavy atom. The average Bonchev–Trinajstić information content (AvgIpc) is 2.75. The van der Waals surface area contributed by atoms with Gasteiger partial charge >= 0.3 is 0 Å². The molecule has 0 saturated heterocycles. The van der Waals surface area contributed by atoms with Gasteiger partial charge in [0.25, 0.3) is 5.56 Å². The third-order valence-corrected chi connectivity index (χ3v) is 4.28. The van der Waals surface area contributed by atoms with Gasteiger partial charge in [-0.1, -0.05) is 23.2 Å². The predicted molar refractivity (Wildman–Crippen MR) is 77.8 cm³/mol. The van der Waals surface area contributed by atoms with Crippen LogP contribution in [0.15, 0.2) is 29.2 Å². The predicted octanol–water partition coefficient (Wildman–Crippen LogP) is 3.46. The summed E-state index contributed by atoms with van der Waals surface area (Å²) in [5.41, 5.74) is 1.11. The molecule has 2 heterocycles. The zero-order valence-corrected chi connectivity index (χ0v) is 12.1. The molecule has 0 spiro atoms. The van der Waals surface area contributed by atoms with Crippen molar-refractivity contribution < 1.29 is 0 Å². The Balaban J connectivity index is 2.24. The van der Waals surface area contributed by atoms with E-state index in [9.17, 15) is 4.79 Å². The van der Waals surface area contributed by atoms with E-state index in [1.54, 1.807) is 17.4 Å². The molecule has 4 nitrogen and oxygen atoms in total. The molecule has 7 heteroatoms. The SMILES string of the molecule is Cc1nc2ccc(-n3ncc(Cl)c(Cl)c3=O)cc2s1. The third-order valence-electron chi connectivity index (χ3n) is 2.60. The first-order valence-corrected chi connectivity index (χ1v) is 6.94. The first-order valence-electron chi connectivity index (χ1n) is 5.37. The van der Waals surface area contributed by atoms with Crippen molar-refractivity contribution in [3.05, 3.63) is 49.8 Å². The zero-order chi connectivity index (χ0) is 13.6. The van der Waals surface area contributed by atoms with Crippen LogP contribution in [0.4, 0.5) is 0 Å². The van der Waals surface area contributed by atoms with Gasteiger partial charge in [0.15, 0.2) is 0 Å². The highest BCUT2D eigenvalue weighted by Gasteiger charge is 2.10. The van der Waals surface area contributed by atoms with Crippen molar-refractivity contribution in [2.24, 2.45) is 0 Å². The molecule has 0 amide bonds. The summed E-state index contributed by atoms with van der Waals surface area (Å²) in [5.74, 6) is 0. The molecule has 0 bridgehead atoms. The molecule has 19 heavy (non-hydrogen) atoms. The fraction of sp³-hybridized carbons (Fsp3) is 0.0833. The summed E-state index contributed by atoms with van der Waals surface area (Å²) >= 11 is 13.2. The molecule has 0 aliphatic heterocycles. The van der Waals surface area contributed by atoms with Crippen LogP contribution >= 0.6 is 34.5 Å². The van der Waals surface area contributed by atoms with Gasteiger partial charge in [0.1, 0.15) is 5.02 Å². The standard InChI is InChI=1S/C12H7Cl2N3OS/c1-6-16-9-3-2-7(4-10(9)19-6)17-12(18)11(14)8(13)5-15-17/h2-5H,1H3. The van der Waals surface area contributed by atoms with E-state index in [4.69, 9.17) is 23.2 Å². The van der Waals surface area contributed by atoms with Crippen molar-refractivity contribution in [1.82, 2.24) is 14.8 Å². The number of nitrogens with zero attached hydrogens (tertiary/aromatic N) is 3. The Hall–Kier alpha value is -1.43. The van der Waals surface area contributed by atoms with E-state index in [-0.39, 0.29) is 10.0 Å². The number of benzene rings is 1. The summed E-state index contributed by atoms with van der Waals surface area (Å²) in [5, 5.41) is 5.09. The number of hydrogen-bond donors (Lipinski definition) is 0.